The van der Waals surface area contributed by atoms with Crippen LogP contribution in [0, 0.1) is 0 Å². The molecule has 1 unspecified atom stereocenters. The quantitative estimate of drug-likeness (QED) is 0.152. The van der Waals surface area contributed by atoms with E-state index in [1.165, 1.54) is 89.9 Å². The van der Waals surface area contributed by atoms with Gasteiger partial charge >= 0.3 is 51.4 Å². The summed E-state index contributed by atoms with van der Waals surface area (Å²) in [6, 6.07) is 0. The van der Waals surface area contributed by atoms with Crippen LogP contribution in [0.5, 0.6) is 0 Å². The largest absolute Gasteiger partial charge is 1.00 e. The van der Waals surface area contributed by atoms with Crippen molar-refractivity contribution in [2.45, 2.75) is 141 Å². The predicted octanol–water partition coefficient (Wildman–Crippen LogP) is 3.72. The number of aliphatic hydroxyl groups is 1. The number of unbranched alkanes of at least 4 members (excludes halogenated alkanes) is 16. The van der Waals surface area contributed by atoms with Crippen LogP contribution in [0.2, 0.25) is 0 Å². The molecule has 0 aromatic rings. The second kappa shape index (κ2) is 24.2. The first kappa shape index (κ1) is 32.7. The van der Waals surface area contributed by atoms with Crippen molar-refractivity contribution in [3.8, 4) is 0 Å². The maximum atomic E-state index is 10.5. The number of hydrogen-bond acceptors (Lipinski definition) is 4. The summed E-state index contributed by atoms with van der Waals surface area (Å²) in [5.41, 5.74) is 0. The van der Waals surface area contributed by atoms with Gasteiger partial charge in [0.1, 0.15) is 0 Å². The van der Waals surface area contributed by atoms with Gasteiger partial charge in [0.05, 0.1) is 16.2 Å². The fraction of sp³-hybridized carbons (Fsp3) is 1.00. The van der Waals surface area contributed by atoms with Gasteiger partial charge in [0.15, 0.2) is 0 Å². The Morgan fingerprint density at radius 3 is 1.28 bits per heavy atom. The Balaban J connectivity index is 0. The van der Waals surface area contributed by atoms with Crippen LogP contribution in [-0.2, 0) is 10.1 Å². The molecule has 0 radical (unpaired) electrons. The minimum atomic E-state index is -4.01. The van der Waals surface area contributed by atoms with E-state index < -0.39 is 10.1 Å². The molecule has 0 aliphatic carbocycles. The zero-order valence-corrected chi connectivity index (χ0v) is 23.4. The standard InChI is InChI=1S/C23H48O4S.K/c1-2-3-4-14-17-20-23(24)21-18-15-12-10-8-6-5-7-9-11-13-16-19-22-28(25,26)27;/h23-24H,2-22H2,1H3,(H,25,26,27);/q;+1/p-1. The third-order valence-corrected chi connectivity index (χ3v) is 6.36. The van der Waals surface area contributed by atoms with E-state index in [0.29, 0.717) is 6.42 Å². The van der Waals surface area contributed by atoms with Crippen molar-refractivity contribution in [2.75, 3.05) is 5.75 Å². The summed E-state index contributed by atoms with van der Waals surface area (Å²) in [6.45, 7) is 2.23. The average molecular weight is 459 g/mol. The van der Waals surface area contributed by atoms with Crippen molar-refractivity contribution in [2.24, 2.45) is 0 Å². The maximum absolute atomic E-state index is 10.5. The summed E-state index contributed by atoms with van der Waals surface area (Å²) >= 11 is 0. The van der Waals surface area contributed by atoms with Crippen molar-refractivity contribution in [1.82, 2.24) is 0 Å². The van der Waals surface area contributed by atoms with Gasteiger partial charge in [-0.25, -0.2) is 8.42 Å². The van der Waals surface area contributed by atoms with Crippen molar-refractivity contribution >= 4 is 10.1 Å². The molecule has 0 aromatic heterocycles. The topological polar surface area (TPSA) is 77.4 Å². The van der Waals surface area contributed by atoms with Gasteiger partial charge < -0.3 is 9.66 Å². The van der Waals surface area contributed by atoms with Crippen LogP contribution in [0.3, 0.4) is 0 Å². The van der Waals surface area contributed by atoms with Gasteiger partial charge in [-0.05, 0) is 19.3 Å². The molecule has 0 spiro atoms. The molecule has 0 aliphatic heterocycles. The summed E-state index contributed by atoms with van der Waals surface area (Å²) in [5, 5.41) is 9.99. The van der Waals surface area contributed by atoms with E-state index in [-0.39, 0.29) is 63.2 Å². The molecule has 0 fully saturated rings. The summed E-state index contributed by atoms with van der Waals surface area (Å²) < 4.78 is 31.4. The molecule has 0 amide bonds. The number of hydrogen-bond donors (Lipinski definition) is 1. The molecule has 4 nitrogen and oxygen atoms in total. The molecule has 1 N–H and O–H groups in total. The molecule has 170 valence electrons. The summed E-state index contributed by atoms with van der Waals surface area (Å²) in [6.07, 6.45) is 23.3. The zero-order valence-electron chi connectivity index (χ0n) is 19.5. The predicted molar refractivity (Wildman–Crippen MR) is 119 cm³/mol. The number of aliphatic hydroxyl groups excluding tert-OH is 1. The minimum Gasteiger partial charge on any atom is -0.748 e. The van der Waals surface area contributed by atoms with E-state index in [2.05, 4.69) is 6.92 Å². The van der Waals surface area contributed by atoms with E-state index in [1.807, 2.05) is 0 Å². The molecular formula is C23H47KO4S. The monoisotopic (exact) mass is 458 g/mol. The first-order valence-corrected chi connectivity index (χ1v) is 13.6. The average Bonchev–Trinajstić information content (AvgIpc) is 2.63. The van der Waals surface area contributed by atoms with Gasteiger partial charge in [-0.15, -0.1) is 0 Å². The SMILES string of the molecule is CCCCCCCC(O)CCCCCCCCCCCCCCCS(=O)(=O)[O-].[K+]. The van der Waals surface area contributed by atoms with Gasteiger partial charge in [0, 0.05) is 5.75 Å². The zero-order chi connectivity index (χ0) is 20.9. The molecule has 0 aliphatic rings. The Kier molecular flexibility index (Phi) is 27.2. The van der Waals surface area contributed by atoms with Gasteiger partial charge in [0.2, 0.25) is 0 Å². The Morgan fingerprint density at radius 1 is 0.621 bits per heavy atom. The molecule has 0 heterocycles. The maximum Gasteiger partial charge on any atom is 1.00 e. The molecular weight excluding hydrogens is 411 g/mol. The van der Waals surface area contributed by atoms with Gasteiger partial charge in [0.25, 0.3) is 0 Å². The fourth-order valence-corrected chi connectivity index (χ4v) is 4.29. The van der Waals surface area contributed by atoms with Crippen LogP contribution in [0.25, 0.3) is 0 Å². The fourth-order valence-electron chi connectivity index (χ4n) is 3.73. The molecule has 0 aromatic carbocycles. The van der Waals surface area contributed by atoms with Crippen LogP contribution < -0.4 is 51.4 Å². The van der Waals surface area contributed by atoms with Gasteiger partial charge in [-0.1, -0.05) is 116 Å². The Hall–Kier alpha value is 1.51. The van der Waals surface area contributed by atoms with Crippen molar-refractivity contribution in [3.05, 3.63) is 0 Å². The van der Waals surface area contributed by atoms with Crippen LogP contribution >= 0.6 is 0 Å². The van der Waals surface area contributed by atoms with E-state index in [0.717, 1.165) is 32.1 Å². The van der Waals surface area contributed by atoms with Gasteiger partial charge in [-0.2, -0.15) is 0 Å². The first-order valence-electron chi connectivity index (χ1n) is 12.1. The van der Waals surface area contributed by atoms with E-state index in [4.69, 9.17) is 0 Å². The van der Waals surface area contributed by atoms with Crippen LogP contribution in [0.4, 0.5) is 0 Å². The minimum absolute atomic E-state index is 0. The molecule has 29 heavy (non-hydrogen) atoms. The number of rotatable bonds is 22. The third kappa shape index (κ3) is 29.5. The van der Waals surface area contributed by atoms with Crippen molar-refractivity contribution in [1.29, 1.82) is 0 Å². The third-order valence-electron chi connectivity index (χ3n) is 5.57. The van der Waals surface area contributed by atoms with Crippen LogP contribution in [-0.4, -0.2) is 29.9 Å². The Bertz CT molecular complexity index is 415. The molecule has 0 bridgehead atoms. The van der Waals surface area contributed by atoms with Crippen LogP contribution in [0.1, 0.15) is 135 Å². The van der Waals surface area contributed by atoms with E-state index in [1.54, 1.807) is 0 Å². The van der Waals surface area contributed by atoms with E-state index in [9.17, 15) is 18.1 Å². The Labute approximate surface area is 224 Å². The molecule has 0 rings (SSSR count). The normalized spacial score (nSPS) is 12.7. The smallest absolute Gasteiger partial charge is 0.748 e. The molecule has 0 saturated carbocycles. The molecule has 1 atom stereocenters. The summed E-state index contributed by atoms with van der Waals surface area (Å²) in [7, 11) is -4.01. The van der Waals surface area contributed by atoms with Crippen molar-refractivity contribution < 1.29 is 69.5 Å². The first-order chi connectivity index (χ1) is 13.5. The summed E-state index contributed by atoms with van der Waals surface area (Å²) in [5.74, 6) is -0.203. The Morgan fingerprint density at radius 2 is 0.931 bits per heavy atom. The molecule has 0 saturated heterocycles. The summed E-state index contributed by atoms with van der Waals surface area (Å²) in [4.78, 5) is 0. The van der Waals surface area contributed by atoms with Gasteiger partial charge in [-0.3, -0.25) is 0 Å². The van der Waals surface area contributed by atoms with E-state index >= 15 is 0 Å². The second-order valence-electron chi connectivity index (χ2n) is 8.50. The molecule has 6 heteroatoms. The van der Waals surface area contributed by atoms with Crippen LogP contribution in [0.15, 0.2) is 0 Å². The van der Waals surface area contributed by atoms with Crippen molar-refractivity contribution in [3.63, 3.8) is 0 Å². The second-order valence-corrected chi connectivity index (χ2v) is 10.0.